The van der Waals surface area contributed by atoms with Crippen LogP contribution in [0.2, 0.25) is 5.02 Å². The summed E-state index contributed by atoms with van der Waals surface area (Å²) < 4.78 is 2.00. The number of halogens is 1. The molecule has 0 unspecified atom stereocenters. The summed E-state index contributed by atoms with van der Waals surface area (Å²) >= 11 is 7.82. The number of carbonyl (C=O) groups is 1. The number of aromatic nitrogens is 2. The lowest BCUT2D eigenvalue weighted by atomic mass is 10.1. The van der Waals surface area contributed by atoms with Crippen molar-refractivity contribution in [3.63, 3.8) is 0 Å². The van der Waals surface area contributed by atoms with Gasteiger partial charge in [0.25, 0.3) is 0 Å². The Morgan fingerprint density at radius 1 is 1.25 bits per heavy atom. The quantitative estimate of drug-likeness (QED) is 0.512. The normalized spacial score (nSPS) is 10.9. The Labute approximate surface area is 150 Å². The molecular weight excluding hydrogens is 342 g/mol. The summed E-state index contributed by atoms with van der Waals surface area (Å²) in [5.74, 6) is 0.421. The van der Waals surface area contributed by atoms with Crippen LogP contribution in [-0.4, -0.2) is 27.8 Å². The molecule has 0 spiro atoms. The van der Waals surface area contributed by atoms with Gasteiger partial charge >= 0.3 is 0 Å². The maximum atomic E-state index is 12.0. The molecule has 0 saturated carbocycles. The van der Waals surface area contributed by atoms with Gasteiger partial charge in [-0.2, -0.15) is 0 Å². The van der Waals surface area contributed by atoms with Crippen LogP contribution in [-0.2, 0) is 11.3 Å². The van der Waals surface area contributed by atoms with Crippen molar-refractivity contribution in [2.45, 2.75) is 17.9 Å². The zero-order valence-corrected chi connectivity index (χ0v) is 14.7. The highest BCUT2D eigenvalue weighted by atomic mass is 35.5. The Morgan fingerprint density at radius 2 is 2.08 bits per heavy atom. The molecule has 1 aromatic heterocycles. The third-order valence-electron chi connectivity index (χ3n) is 3.65. The van der Waals surface area contributed by atoms with Crippen LogP contribution in [0.1, 0.15) is 6.42 Å². The summed E-state index contributed by atoms with van der Waals surface area (Å²) in [5, 5.41) is 5.77. The van der Waals surface area contributed by atoms with Crippen LogP contribution < -0.4 is 5.32 Å². The number of rotatable bonds is 7. The van der Waals surface area contributed by atoms with E-state index in [1.165, 1.54) is 11.8 Å². The molecule has 0 radical (unpaired) electrons. The molecule has 0 aliphatic rings. The highest BCUT2D eigenvalue weighted by Gasteiger charge is 2.08. The topological polar surface area (TPSA) is 46.9 Å². The standard InChI is InChI=1S/C18H18ClN3OS/c19-15-6-1-4-14-5-2-7-16(18(14)15)24-12-17(23)21-8-3-10-22-11-9-20-13-22/h1-2,4-7,9,11,13H,3,8,10,12H2,(H,21,23). The van der Waals surface area contributed by atoms with E-state index in [1.54, 1.807) is 12.5 Å². The molecule has 0 aliphatic carbocycles. The van der Waals surface area contributed by atoms with Gasteiger partial charge in [0.15, 0.2) is 0 Å². The molecule has 3 aromatic rings. The minimum atomic E-state index is 0.0367. The lowest BCUT2D eigenvalue weighted by Gasteiger charge is -2.09. The Balaban J connectivity index is 1.49. The second-order valence-electron chi connectivity index (χ2n) is 5.39. The average molecular weight is 360 g/mol. The molecule has 24 heavy (non-hydrogen) atoms. The van der Waals surface area contributed by atoms with E-state index in [2.05, 4.69) is 10.3 Å². The van der Waals surface area contributed by atoms with Crippen molar-refractivity contribution in [3.05, 3.63) is 60.1 Å². The molecule has 0 aliphatic heterocycles. The number of thioether (sulfide) groups is 1. The summed E-state index contributed by atoms with van der Waals surface area (Å²) in [6.45, 7) is 1.51. The van der Waals surface area contributed by atoms with E-state index in [4.69, 9.17) is 11.6 Å². The molecular formula is C18H18ClN3OS. The smallest absolute Gasteiger partial charge is 0.230 e. The van der Waals surface area contributed by atoms with Crippen molar-refractivity contribution in [2.24, 2.45) is 0 Å². The maximum absolute atomic E-state index is 12.0. The van der Waals surface area contributed by atoms with Crippen LogP contribution in [0.4, 0.5) is 0 Å². The minimum Gasteiger partial charge on any atom is -0.355 e. The average Bonchev–Trinajstić information content (AvgIpc) is 3.10. The lowest BCUT2D eigenvalue weighted by Crippen LogP contribution is -2.26. The zero-order valence-electron chi connectivity index (χ0n) is 13.1. The van der Waals surface area contributed by atoms with Gasteiger partial charge in [-0.05, 0) is 23.9 Å². The molecule has 1 amide bonds. The molecule has 3 rings (SSSR count). The number of hydrogen-bond acceptors (Lipinski definition) is 3. The monoisotopic (exact) mass is 359 g/mol. The second kappa shape index (κ2) is 8.22. The number of hydrogen-bond donors (Lipinski definition) is 1. The van der Waals surface area contributed by atoms with Gasteiger partial charge in [-0.3, -0.25) is 4.79 Å². The first kappa shape index (κ1) is 16.9. The van der Waals surface area contributed by atoms with E-state index in [-0.39, 0.29) is 5.91 Å². The van der Waals surface area contributed by atoms with E-state index >= 15 is 0 Å². The van der Waals surface area contributed by atoms with Crippen molar-refractivity contribution in [3.8, 4) is 0 Å². The largest absolute Gasteiger partial charge is 0.355 e. The molecule has 0 atom stereocenters. The second-order valence-corrected chi connectivity index (χ2v) is 6.81. The molecule has 4 nitrogen and oxygen atoms in total. The highest BCUT2D eigenvalue weighted by molar-refractivity contribution is 8.00. The van der Waals surface area contributed by atoms with Crippen LogP contribution in [0.5, 0.6) is 0 Å². The fourth-order valence-corrected chi connectivity index (χ4v) is 3.76. The first-order chi connectivity index (χ1) is 11.7. The third kappa shape index (κ3) is 4.30. The number of amides is 1. The van der Waals surface area contributed by atoms with Gasteiger partial charge in [0.2, 0.25) is 5.91 Å². The summed E-state index contributed by atoms with van der Waals surface area (Å²) in [6.07, 6.45) is 6.33. The fraction of sp³-hybridized carbons (Fsp3) is 0.222. The number of benzene rings is 2. The molecule has 6 heteroatoms. The predicted octanol–water partition coefficient (Wildman–Crippen LogP) is 3.99. The van der Waals surface area contributed by atoms with Gasteiger partial charge in [-0.15, -0.1) is 11.8 Å². The zero-order chi connectivity index (χ0) is 16.8. The van der Waals surface area contributed by atoms with E-state index in [9.17, 15) is 4.79 Å². The number of aryl methyl sites for hydroxylation is 1. The summed E-state index contributed by atoms with van der Waals surface area (Å²) in [5.41, 5.74) is 0. The minimum absolute atomic E-state index is 0.0367. The van der Waals surface area contributed by atoms with Crippen LogP contribution in [0.15, 0.2) is 60.0 Å². The van der Waals surface area contributed by atoms with Crippen LogP contribution in [0.3, 0.4) is 0 Å². The first-order valence-electron chi connectivity index (χ1n) is 7.76. The van der Waals surface area contributed by atoms with Gasteiger partial charge in [0.1, 0.15) is 0 Å². The van der Waals surface area contributed by atoms with Gasteiger partial charge in [-0.1, -0.05) is 35.9 Å². The Hall–Kier alpha value is -1.98. The molecule has 0 fully saturated rings. The molecule has 1 N–H and O–H groups in total. The molecule has 2 aromatic carbocycles. The molecule has 1 heterocycles. The van der Waals surface area contributed by atoms with E-state index in [1.807, 2.05) is 47.2 Å². The van der Waals surface area contributed by atoms with Crippen molar-refractivity contribution < 1.29 is 4.79 Å². The Morgan fingerprint density at radius 3 is 2.88 bits per heavy atom. The van der Waals surface area contributed by atoms with Crippen LogP contribution in [0, 0.1) is 0 Å². The fourth-order valence-electron chi connectivity index (χ4n) is 2.49. The summed E-state index contributed by atoms with van der Waals surface area (Å²) in [7, 11) is 0. The highest BCUT2D eigenvalue weighted by Crippen LogP contribution is 2.32. The number of fused-ring (bicyclic) bond motifs is 1. The first-order valence-corrected chi connectivity index (χ1v) is 9.13. The van der Waals surface area contributed by atoms with Crippen molar-refractivity contribution in [2.75, 3.05) is 12.3 Å². The summed E-state index contributed by atoms with van der Waals surface area (Å²) in [6, 6.07) is 11.9. The van der Waals surface area contributed by atoms with Gasteiger partial charge in [0, 0.05) is 40.8 Å². The third-order valence-corrected chi connectivity index (χ3v) is 5.02. The number of imidazole rings is 1. The van der Waals surface area contributed by atoms with Gasteiger partial charge in [-0.25, -0.2) is 4.98 Å². The number of nitrogens with one attached hydrogen (secondary N) is 1. The van der Waals surface area contributed by atoms with E-state index in [0.29, 0.717) is 12.3 Å². The van der Waals surface area contributed by atoms with Crippen LogP contribution >= 0.6 is 23.4 Å². The molecule has 0 bridgehead atoms. The number of carbonyl (C=O) groups excluding carboxylic acids is 1. The van der Waals surface area contributed by atoms with Crippen molar-refractivity contribution in [1.29, 1.82) is 0 Å². The van der Waals surface area contributed by atoms with Crippen LogP contribution in [0.25, 0.3) is 10.8 Å². The Bertz CT molecular complexity index is 815. The number of nitrogens with zero attached hydrogens (tertiary/aromatic N) is 2. The SMILES string of the molecule is O=C(CSc1cccc2cccc(Cl)c12)NCCCn1ccnc1. The van der Waals surface area contributed by atoms with Crippen molar-refractivity contribution >= 4 is 40.0 Å². The maximum Gasteiger partial charge on any atom is 0.230 e. The van der Waals surface area contributed by atoms with Crippen molar-refractivity contribution in [1.82, 2.24) is 14.9 Å². The molecule has 0 saturated heterocycles. The van der Waals surface area contributed by atoms with Gasteiger partial charge < -0.3 is 9.88 Å². The molecule has 124 valence electrons. The van der Waals surface area contributed by atoms with E-state index in [0.717, 1.165) is 33.7 Å². The van der Waals surface area contributed by atoms with E-state index < -0.39 is 0 Å². The Kier molecular flexibility index (Phi) is 5.77. The predicted molar refractivity (Wildman–Crippen MR) is 99.5 cm³/mol. The van der Waals surface area contributed by atoms with Gasteiger partial charge in [0.05, 0.1) is 12.1 Å². The summed E-state index contributed by atoms with van der Waals surface area (Å²) in [4.78, 5) is 17.0. The lowest BCUT2D eigenvalue weighted by molar-refractivity contribution is -0.118.